The number of guanidine groups is 1. The second-order valence-corrected chi connectivity index (χ2v) is 7.92. The van der Waals surface area contributed by atoms with E-state index in [0.29, 0.717) is 50.9 Å². The summed E-state index contributed by atoms with van der Waals surface area (Å²) in [5.41, 5.74) is 0.00577. The monoisotopic (exact) mass is 442 g/mol. The number of hydrogen-bond donors (Lipinski definition) is 1. The quantitative estimate of drug-likeness (QED) is 0.381. The Balaban J connectivity index is 1.44. The topological polar surface area (TPSA) is 49.3 Å². The van der Waals surface area contributed by atoms with Crippen molar-refractivity contribution in [1.29, 1.82) is 0 Å². The van der Waals surface area contributed by atoms with Crippen molar-refractivity contribution in [2.24, 2.45) is 10.9 Å². The molecule has 1 N–H and O–H groups in total. The van der Waals surface area contributed by atoms with Gasteiger partial charge >= 0.3 is 6.18 Å². The summed E-state index contributed by atoms with van der Waals surface area (Å²) in [6, 6.07) is 5.55. The molecule has 1 aromatic rings. The van der Waals surface area contributed by atoms with Crippen molar-refractivity contribution in [3.05, 3.63) is 29.8 Å². The highest BCUT2D eigenvalue weighted by Crippen LogP contribution is 2.31. The smallest absolute Gasteiger partial charge is 0.381 e. The van der Waals surface area contributed by atoms with Crippen LogP contribution in [0, 0.1) is 5.92 Å². The summed E-state index contributed by atoms with van der Waals surface area (Å²) in [6.45, 7) is 9.27. The van der Waals surface area contributed by atoms with E-state index in [1.807, 2.05) is 11.8 Å². The lowest BCUT2D eigenvalue weighted by Crippen LogP contribution is -2.52. The maximum Gasteiger partial charge on any atom is 0.416 e. The normalized spacial score (nSPS) is 20.4. The van der Waals surface area contributed by atoms with E-state index in [9.17, 15) is 13.2 Å². The van der Waals surface area contributed by atoms with E-state index < -0.39 is 11.7 Å². The molecule has 0 saturated carbocycles. The van der Waals surface area contributed by atoms with Gasteiger partial charge in [-0.3, -0.25) is 4.99 Å². The van der Waals surface area contributed by atoms with Gasteiger partial charge in [-0.25, -0.2) is 0 Å². The molecule has 0 aromatic heterocycles. The van der Waals surface area contributed by atoms with Crippen LogP contribution in [-0.4, -0.2) is 76.6 Å². The molecule has 2 aliphatic rings. The minimum absolute atomic E-state index is 0.522. The Morgan fingerprint density at radius 1 is 1.26 bits per heavy atom. The number of anilines is 1. The highest BCUT2D eigenvalue weighted by molar-refractivity contribution is 5.80. The Morgan fingerprint density at radius 2 is 2.06 bits per heavy atom. The van der Waals surface area contributed by atoms with E-state index in [-0.39, 0.29) is 0 Å². The minimum atomic E-state index is -4.32. The summed E-state index contributed by atoms with van der Waals surface area (Å²) in [5.74, 6) is 1.38. The van der Waals surface area contributed by atoms with Crippen LogP contribution in [-0.2, 0) is 15.7 Å². The zero-order valence-corrected chi connectivity index (χ0v) is 18.2. The Labute approximate surface area is 182 Å². The van der Waals surface area contributed by atoms with Crippen LogP contribution in [0.5, 0.6) is 0 Å². The van der Waals surface area contributed by atoms with Gasteiger partial charge in [-0.2, -0.15) is 13.2 Å². The molecule has 2 fully saturated rings. The molecular formula is C22H33F3N4O2. The molecule has 3 rings (SSSR count). The Kier molecular flexibility index (Phi) is 8.83. The summed E-state index contributed by atoms with van der Waals surface area (Å²) in [4.78, 5) is 8.88. The first-order chi connectivity index (χ1) is 15.0. The van der Waals surface area contributed by atoms with E-state index in [1.165, 1.54) is 12.1 Å². The number of alkyl halides is 3. The van der Waals surface area contributed by atoms with Gasteiger partial charge < -0.3 is 24.6 Å². The van der Waals surface area contributed by atoms with Crippen LogP contribution in [0.25, 0.3) is 0 Å². The number of piperazine rings is 1. The number of hydrogen-bond acceptors (Lipinski definition) is 4. The number of benzene rings is 1. The fraction of sp³-hybridized carbons (Fsp3) is 0.682. The third kappa shape index (κ3) is 7.28. The van der Waals surface area contributed by atoms with Crippen LogP contribution in [0.4, 0.5) is 18.9 Å². The summed E-state index contributed by atoms with van der Waals surface area (Å²) < 4.78 is 50.1. The number of nitrogens with zero attached hydrogens (tertiary/aromatic N) is 3. The van der Waals surface area contributed by atoms with Gasteiger partial charge in [0.05, 0.1) is 18.8 Å². The maximum atomic E-state index is 13.0. The average molecular weight is 443 g/mol. The van der Waals surface area contributed by atoms with Crippen LogP contribution >= 0.6 is 0 Å². The molecule has 2 aliphatic heterocycles. The van der Waals surface area contributed by atoms with Gasteiger partial charge in [0.25, 0.3) is 0 Å². The second kappa shape index (κ2) is 11.6. The zero-order valence-electron chi connectivity index (χ0n) is 18.2. The van der Waals surface area contributed by atoms with Gasteiger partial charge in [-0.1, -0.05) is 6.07 Å². The fourth-order valence-corrected chi connectivity index (χ4v) is 3.80. The van der Waals surface area contributed by atoms with Crippen molar-refractivity contribution < 1.29 is 22.6 Å². The lowest BCUT2D eigenvalue weighted by molar-refractivity contribution is -0.137. The molecule has 31 heavy (non-hydrogen) atoms. The number of ether oxygens (including phenoxy) is 2. The standard InChI is InChI=1S/C22H33F3N4O2/c1-2-26-21(27-8-4-13-30-16-18-7-14-31-17-18)29-11-9-28(10-12-29)20-6-3-5-19(15-20)22(23,24)25/h3,5-6,15,18H,2,4,7-14,16-17H2,1H3,(H,26,27). The van der Waals surface area contributed by atoms with E-state index in [2.05, 4.69) is 10.2 Å². The lowest BCUT2D eigenvalue weighted by Gasteiger charge is -2.38. The first-order valence-electron chi connectivity index (χ1n) is 11.1. The van der Waals surface area contributed by atoms with Gasteiger partial charge in [-0.15, -0.1) is 0 Å². The van der Waals surface area contributed by atoms with Gasteiger partial charge in [0.2, 0.25) is 0 Å². The zero-order chi connectivity index (χ0) is 22.1. The van der Waals surface area contributed by atoms with Crippen molar-refractivity contribution in [2.45, 2.75) is 25.9 Å². The van der Waals surface area contributed by atoms with Gasteiger partial charge in [0.15, 0.2) is 5.96 Å². The fourth-order valence-electron chi connectivity index (χ4n) is 3.80. The van der Waals surface area contributed by atoms with Gasteiger partial charge in [-0.05, 0) is 38.0 Å². The highest BCUT2D eigenvalue weighted by atomic mass is 19.4. The van der Waals surface area contributed by atoms with E-state index in [4.69, 9.17) is 14.5 Å². The molecule has 0 aliphatic carbocycles. The molecule has 174 valence electrons. The molecule has 0 amide bonds. The number of rotatable bonds is 8. The summed E-state index contributed by atoms with van der Waals surface area (Å²) in [5, 5.41) is 3.32. The van der Waals surface area contributed by atoms with Crippen LogP contribution < -0.4 is 10.2 Å². The molecule has 1 atom stereocenters. The lowest BCUT2D eigenvalue weighted by atomic mass is 10.1. The van der Waals surface area contributed by atoms with E-state index in [1.54, 1.807) is 6.07 Å². The predicted molar refractivity (Wildman–Crippen MR) is 116 cm³/mol. The summed E-state index contributed by atoms with van der Waals surface area (Å²) in [7, 11) is 0. The largest absolute Gasteiger partial charge is 0.416 e. The molecule has 0 bridgehead atoms. The molecular weight excluding hydrogens is 409 g/mol. The second-order valence-electron chi connectivity index (χ2n) is 7.92. The third-order valence-corrected chi connectivity index (χ3v) is 5.54. The van der Waals surface area contributed by atoms with Crippen LogP contribution in [0.1, 0.15) is 25.3 Å². The average Bonchev–Trinajstić information content (AvgIpc) is 3.28. The van der Waals surface area contributed by atoms with Crippen LogP contribution in [0.2, 0.25) is 0 Å². The van der Waals surface area contributed by atoms with Crippen LogP contribution in [0.3, 0.4) is 0 Å². The van der Waals surface area contributed by atoms with Gasteiger partial charge in [0.1, 0.15) is 0 Å². The molecule has 6 nitrogen and oxygen atoms in total. The Morgan fingerprint density at radius 3 is 2.74 bits per heavy atom. The Hall–Kier alpha value is -2.00. The van der Waals surface area contributed by atoms with Gasteiger partial charge in [0, 0.05) is 64.1 Å². The Bertz CT molecular complexity index is 700. The van der Waals surface area contributed by atoms with Crippen molar-refractivity contribution in [3.63, 3.8) is 0 Å². The molecule has 1 aromatic carbocycles. The summed E-state index contributed by atoms with van der Waals surface area (Å²) in [6.07, 6.45) is -2.39. The summed E-state index contributed by atoms with van der Waals surface area (Å²) >= 11 is 0. The van der Waals surface area contributed by atoms with Crippen molar-refractivity contribution in [1.82, 2.24) is 10.2 Å². The molecule has 9 heteroatoms. The van der Waals surface area contributed by atoms with E-state index >= 15 is 0 Å². The molecule has 0 radical (unpaired) electrons. The molecule has 2 saturated heterocycles. The molecule has 2 heterocycles. The molecule has 0 spiro atoms. The highest BCUT2D eigenvalue weighted by Gasteiger charge is 2.31. The maximum absolute atomic E-state index is 13.0. The van der Waals surface area contributed by atoms with E-state index in [0.717, 1.165) is 51.2 Å². The van der Waals surface area contributed by atoms with Crippen molar-refractivity contribution >= 4 is 11.6 Å². The third-order valence-electron chi connectivity index (χ3n) is 5.54. The first-order valence-corrected chi connectivity index (χ1v) is 11.1. The van der Waals surface area contributed by atoms with Crippen molar-refractivity contribution in [3.8, 4) is 0 Å². The number of aliphatic imine (C=N–C) groups is 1. The van der Waals surface area contributed by atoms with Crippen LogP contribution in [0.15, 0.2) is 29.3 Å². The first kappa shape index (κ1) is 23.7. The number of halogens is 3. The SMILES string of the molecule is CCNC(=NCCCOCC1CCOC1)N1CCN(c2cccc(C(F)(F)F)c2)CC1. The molecule has 1 unspecified atom stereocenters. The minimum Gasteiger partial charge on any atom is -0.381 e. The van der Waals surface area contributed by atoms with Crippen molar-refractivity contribution in [2.75, 3.05) is 70.6 Å². The predicted octanol–water partition coefficient (Wildman–Crippen LogP) is 3.24. The number of nitrogens with one attached hydrogen (secondary N) is 1.